The zero-order valence-corrected chi connectivity index (χ0v) is 13.7. The third-order valence-electron chi connectivity index (χ3n) is 3.48. The van der Waals surface area contributed by atoms with Crippen LogP contribution < -0.4 is 14.8 Å². The van der Waals surface area contributed by atoms with E-state index in [1.54, 1.807) is 7.11 Å². The van der Waals surface area contributed by atoms with Crippen molar-refractivity contribution in [3.63, 3.8) is 0 Å². The molecule has 0 spiro atoms. The molecule has 0 aliphatic carbocycles. The summed E-state index contributed by atoms with van der Waals surface area (Å²) in [6, 6.07) is 5.52. The van der Waals surface area contributed by atoms with Crippen molar-refractivity contribution in [3.05, 3.63) is 36.4 Å². The molecule has 122 valence electrons. The first kappa shape index (κ1) is 18.3. The number of ether oxygens (including phenoxy) is 3. The average molecular weight is 328 g/mol. The molecular formula is C16H22ClNO4. The SMILES string of the molecule is C=CCc1ccc(O[C@H]2CN[C@H](C(=O)OC)C2)c(OC)c1.Cl. The van der Waals surface area contributed by atoms with Crippen LogP contribution in [0, 0.1) is 0 Å². The van der Waals surface area contributed by atoms with Crippen LogP contribution in [-0.4, -0.2) is 38.9 Å². The van der Waals surface area contributed by atoms with Gasteiger partial charge in [-0.15, -0.1) is 19.0 Å². The molecule has 1 fully saturated rings. The van der Waals surface area contributed by atoms with Crippen molar-refractivity contribution in [3.8, 4) is 11.5 Å². The highest BCUT2D eigenvalue weighted by molar-refractivity contribution is 5.85. The molecule has 5 nitrogen and oxygen atoms in total. The van der Waals surface area contributed by atoms with Gasteiger partial charge in [0.25, 0.3) is 0 Å². The zero-order chi connectivity index (χ0) is 15.2. The first-order valence-electron chi connectivity index (χ1n) is 6.93. The Kier molecular flexibility index (Phi) is 7.21. The van der Waals surface area contributed by atoms with Gasteiger partial charge in [0.15, 0.2) is 11.5 Å². The Morgan fingerprint density at radius 3 is 2.82 bits per heavy atom. The number of rotatable bonds is 6. The number of carbonyl (C=O) groups is 1. The number of halogens is 1. The maximum absolute atomic E-state index is 11.5. The van der Waals surface area contributed by atoms with Crippen LogP contribution in [0.1, 0.15) is 12.0 Å². The number of methoxy groups -OCH3 is 2. The van der Waals surface area contributed by atoms with Gasteiger partial charge in [-0.2, -0.15) is 0 Å². The fraction of sp³-hybridized carbons (Fsp3) is 0.438. The van der Waals surface area contributed by atoms with Gasteiger partial charge in [0.05, 0.1) is 14.2 Å². The Labute approximate surface area is 137 Å². The second kappa shape index (κ2) is 8.66. The fourth-order valence-electron chi connectivity index (χ4n) is 2.40. The minimum atomic E-state index is -0.300. The summed E-state index contributed by atoms with van der Waals surface area (Å²) in [5.41, 5.74) is 1.12. The number of benzene rings is 1. The van der Waals surface area contributed by atoms with Gasteiger partial charge in [-0.1, -0.05) is 12.1 Å². The summed E-state index contributed by atoms with van der Waals surface area (Å²) in [5, 5.41) is 3.09. The molecule has 1 N–H and O–H groups in total. The maximum Gasteiger partial charge on any atom is 0.323 e. The van der Waals surface area contributed by atoms with E-state index in [9.17, 15) is 4.79 Å². The van der Waals surface area contributed by atoms with E-state index in [2.05, 4.69) is 11.9 Å². The molecule has 1 heterocycles. The van der Waals surface area contributed by atoms with E-state index in [0.29, 0.717) is 24.5 Å². The second-order valence-corrected chi connectivity index (χ2v) is 4.94. The van der Waals surface area contributed by atoms with Crippen LogP contribution in [0.25, 0.3) is 0 Å². The lowest BCUT2D eigenvalue weighted by molar-refractivity contribution is -0.142. The van der Waals surface area contributed by atoms with Gasteiger partial charge >= 0.3 is 5.97 Å². The average Bonchev–Trinajstić information content (AvgIpc) is 2.96. The minimum absolute atomic E-state index is 0. The van der Waals surface area contributed by atoms with E-state index < -0.39 is 0 Å². The Bertz CT molecular complexity index is 521. The third kappa shape index (κ3) is 4.39. The molecule has 0 bridgehead atoms. The summed E-state index contributed by atoms with van der Waals surface area (Å²) < 4.78 is 16.0. The fourth-order valence-corrected chi connectivity index (χ4v) is 2.40. The lowest BCUT2D eigenvalue weighted by Crippen LogP contribution is -2.31. The van der Waals surface area contributed by atoms with Gasteiger partial charge in [-0.25, -0.2) is 0 Å². The number of esters is 1. The van der Waals surface area contributed by atoms with E-state index in [4.69, 9.17) is 14.2 Å². The molecule has 1 saturated heterocycles. The highest BCUT2D eigenvalue weighted by Crippen LogP contribution is 2.30. The number of nitrogens with one attached hydrogen (secondary N) is 1. The van der Waals surface area contributed by atoms with Gasteiger partial charge in [-0.05, 0) is 24.1 Å². The molecule has 1 aliphatic heterocycles. The number of carbonyl (C=O) groups excluding carboxylic acids is 1. The van der Waals surface area contributed by atoms with Gasteiger partial charge < -0.3 is 19.5 Å². The highest BCUT2D eigenvalue weighted by atomic mass is 35.5. The van der Waals surface area contributed by atoms with Crippen LogP contribution in [0.3, 0.4) is 0 Å². The van der Waals surface area contributed by atoms with Crippen molar-refractivity contribution < 1.29 is 19.0 Å². The zero-order valence-electron chi connectivity index (χ0n) is 12.8. The molecule has 0 aromatic heterocycles. The standard InChI is InChI=1S/C16H21NO4.ClH/c1-4-5-11-6-7-14(15(8-11)19-2)21-12-9-13(17-10-12)16(18)20-3;/h4,6-8,12-13,17H,1,5,9-10H2,2-3H3;1H/t12-,13+;/m1./s1. The number of hydrogen-bond donors (Lipinski definition) is 1. The molecule has 1 aromatic rings. The van der Waals surface area contributed by atoms with Crippen LogP contribution in [0.15, 0.2) is 30.9 Å². The van der Waals surface area contributed by atoms with Crippen molar-refractivity contribution in [1.29, 1.82) is 0 Å². The quantitative estimate of drug-likeness (QED) is 0.641. The topological polar surface area (TPSA) is 56.8 Å². The summed E-state index contributed by atoms with van der Waals surface area (Å²) >= 11 is 0. The molecule has 0 unspecified atom stereocenters. The number of allylic oxidation sites excluding steroid dienone is 1. The molecule has 2 atom stereocenters. The number of hydrogen-bond acceptors (Lipinski definition) is 5. The largest absolute Gasteiger partial charge is 0.493 e. The Balaban J connectivity index is 0.00000242. The molecule has 0 saturated carbocycles. The molecule has 0 amide bonds. The van der Waals surface area contributed by atoms with Crippen LogP contribution in [0.4, 0.5) is 0 Å². The maximum atomic E-state index is 11.5. The Morgan fingerprint density at radius 2 is 2.18 bits per heavy atom. The van der Waals surface area contributed by atoms with E-state index in [1.165, 1.54) is 7.11 Å². The van der Waals surface area contributed by atoms with Gasteiger partial charge in [0.1, 0.15) is 12.1 Å². The van der Waals surface area contributed by atoms with E-state index in [0.717, 1.165) is 12.0 Å². The van der Waals surface area contributed by atoms with Crippen molar-refractivity contribution >= 4 is 18.4 Å². The van der Waals surface area contributed by atoms with Crippen molar-refractivity contribution in [2.75, 3.05) is 20.8 Å². The van der Waals surface area contributed by atoms with Gasteiger partial charge in [0.2, 0.25) is 0 Å². The van der Waals surface area contributed by atoms with Crippen LogP contribution in [0.5, 0.6) is 11.5 Å². The predicted octanol–water partition coefficient (Wildman–Crippen LogP) is 2.13. The third-order valence-corrected chi connectivity index (χ3v) is 3.48. The normalized spacial score (nSPS) is 19.9. The Hall–Kier alpha value is -1.72. The Morgan fingerprint density at radius 1 is 1.41 bits per heavy atom. The van der Waals surface area contributed by atoms with E-state index >= 15 is 0 Å². The molecule has 2 rings (SSSR count). The van der Waals surface area contributed by atoms with E-state index in [1.807, 2.05) is 24.3 Å². The summed E-state index contributed by atoms with van der Waals surface area (Å²) in [6.07, 6.45) is 3.14. The summed E-state index contributed by atoms with van der Waals surface area (Å²) in [7, 11) is 3.00. The lowest BCUT2D eigenvalue weighted by atomic mass is 10.1. The smallest absolute Gasteiger partial charge is 0.323 e. The summed E-state index contributed by atoms with van der Waals surface area (Å²) in [5.74, 6) is 1.12. The van der Waals surface area contributed by atoms with Crippen LogP contribution >= 0.6 is 12.4 Å². The van der Waals surface area contributed by atoms with Crippen LogP contribution in [0.2, 0.25) is 0 Å². The highest BCUT2D eigenvalue weighted by Gasteiger charge is 2.31. The van der Waals surface area contributed by atoms with Crippen molar-refractivity contribution in [2.45, 2.75) is 25.0 Å². The van der Waals surface area contributed by atoms with E-state index in [-0.39, 0.29) is 30.5 Å². The summed E-state index contributed by atoms with van der Waals surface area (Å²) in [4.78, 5) is 11.5. The minimum Gasteiger partial charge on any atom is -0.493 e. The van der Waals surface area contributed by atoms with Gasteiger partial charge in [-0.3, -0.25) is 4.79 Å². The molecule has 1 aliphatic rings. The van der Waals surface area contributed by atoms with Crippen molar-refractivity contribution in [2.24, 2.45) is 0 Å². The monoisotopic (exact) mass is 327 g/mol. The molecule has 0 radical (unpaired) electrons. The first-order chi connectivity index (χ1) is 10.2. The molecule has 22 heavy (non-hydrogen) atoms. The van der Waals surface area contributed by atoms with Gasteiger partial charge in [0, 0.05) is 13.0 Å². The molecular weight excluding hydrogens is 306 g/mol. The predicted molar refractivity (Wildman–Crippen MR) is 87.0 cm³/mol. The lowest BCUT2D eigenvalue weighted by Gasteiger charge is -2.16. The molecule has 1 aromatic carbocycles. The van der Waals surface area contributed by atoms with Crippen molar-refractivity contribution in [1.82, 2.24) is 5.32 Å². The summed E-state index contributed by atoms with van der Waals surface area (Å²) in [6.45, 7) is 4.33. The molecule has 6 heteroatoms. The first-order valence-corrected chi connectivity index (χ1v) is 6.93. The second-order valence-electron chi connectivity index (χ2n) is 4.94. The van der Waals surface area contributed by atoms with Crippen LogP contribution in [-0.2, 0) is 16.0 Å².